The van der Waals surface area contributed by atoms with Gasteiger partial charge in [-0.2, -0.15) is 12.6 Å². The lowest BCUT2D eigenvalue weighted by atomic mass is 10.1. The number of furan rings is 1. The number of hydrogen-bond donors (Lipinski definition) is 1. The third-order valence-corrected chi connectivity index (χ3v) is 2.23. The zero-order valence-corrected chi connectivity index (χ0v) is 8.29. The molecule has 0 aliphatic carbocycles. The van der Waals surface area contributed by atoms with E-state index >= 15 is 0 Å². The van der Waals surface area contributed by atoms with Crippen LogP contribution in [0, 0.1) is 0 Å². The quantitative estimate of drug-likeness (QED) is 0.593. The topological polar surface area (TPSA) is 39.4 Å². The molecule has 0 saturated carbocycles. The highest BCUT2D eigenvalue weighted by molar-refractivity contribution is 7.81. The summed E-state index contributed by atoms with van der Waals surface area (Å²) in [4.78, 5) is 10.9. The zero-order chi connectivity index (χ0) is 9.68. The van der Waals surface area contributed by atoms with E-state index in [-0.39, 0.29) is 11.2 Å². The van der Waals surface area contributed by atoms with Gasteiger partial charge in [0, 0.05) is 0 Å². The van der Waals surface area contributed by atoms with Crippen LogP contribution in [0.1, 0.15) is 12.0 Å². The van der Waals surface area contributed by atoms with Gasteiger partial charge in [-0.3, -0.25) is 4.79 Å². The molecule has 0 amide bonds. The van der Waals surface area contributed by atoms with Crippen molar-refractivity contribution in [2.24, 2.45) is 0 Å². The predicted octanol–water partition coefficient (Wildman–Crippen LogP) is 1.68. The maximum absolute atomic E-state index is 10.9. The van der Waals surface area contributed by atoms with Crippen molar-refractivity contribution < 1.29 is 13.9 Å². The normalized spacial score (nSPS) is 12.5. The van der Waals surface area contributed by atoms with Crippen molar-refractivity contribution in [3.05, 3.63) is 24.2 Å². The molecular formula is C9H12O3S. The zero-order valence-electron chi connectivity index (χ0n) is 7.40. The summed E-state index contributed by atoms with van der Waals surface area (Å²) in [6, 6.07) is 1.87. The fourth-order valence-electron chi connectivity index (χ4n) is 0.992. The SMILES string of the molecule is COC(=O)C(S)CCc1ccoc1. The first-order chi connectivity index (χ1) is 6.24. The van der Waals surface area contributed by atoms with Gasteiger partial charge in [-0.05, 0) is 24.5 Å². The molecule has 1 atom stereocenters. The lowest BCUT2D eigenvalue weighted by Crippen LogP contribution is -2.16. The van der Waals surface area contributed by atoms with Crippen molar-refractivity contribution in [3.8, 4) is 0 Å². The second-order valence-electron chi connectivity index (χ2n) is 2.71. The largest absolute Gasteiger partial charge is 0.472 e. The summed E-state index contributed by atoms with van der Waals surface area (Å²) in [5, 5.41) is -0.347. The smallest absolute Gasteiger partial charge is 0.318 e. The van der Waals surface area contributed by atoms with Gasteiger partial charge in [0.15, 0.2) is 0 Å². The van der Waals surface area contributed by atoms with E-state index in [9.17, 15) is 4.79 Å². The minimum atomic E-state index is -0.347. The van der Waals surface area contributed by atoms with Crippen LogP contribution in [0.2, 0.25) is 0 Å². The fourth-order valence-corrected chi connectivity index (χ4v) is 1.23. The maximum Gasteiger partial charge on any atom is 0.318 e. The third kappa shape index (κ3) is 3.14. The highest BCUT2D eigenvalue weighted by Gasteiger charge is 2.13. The first-order valence-corrected chi connectivity index (χ1v) is 4.52. The summed E-state index contributed by atoms with van der Waals surface area (Å²) in [5.74, 6) is -0.285. The van der Waals surface area contributed by atoms with E-state index in [1.807, 2.05) is 6.07 Å². The first kappa shape index (κ1) is 10.2. The number of thiol groups is 1. The van der Waals surface area contributed by atoms with E-state index in [1.165, 1.54) is 7.11 Å². The van der Waals surface area contributed by atoms with Crippen LogP contribution in [0.25, 0.3) is 0 Å². The Morgan fingerprint density at radius 2 is 2.54 bits per heavy atom. The van der Waals surface area contributed by atoms with Crippen molar-refractivity contribution in [2.75, 3.05) is 7.11 Å². The van der Waals surface area contributed by atoms with Crippen LogP contribution < -0.4 is 0 Å². The van der Waals surface area contributed by atoms with Crippen molar-refractivity contribution in [3.63, 3.8) is 0 Å². The van der Waals surface area contributed by atoms with Gasteiger partial charge in [0.25, 0.3) is 0 Å². The van der Waals surface area contributed by atoms with Crippen LogP contribution in [-0.2, 0) is 16.0 Å². The molecule has 1 unspecified atom stereocenters. The summed E-state index contributed by atoms with van der Waals surface area (Å²) in [6.07, 6.45) is 4.72. The molecule has 72 valence electrons. The Balaban J connectivity index is 2.30. The molecule has 0 N–H and O–H groups in total. The van der Waals surface area contributed by atoms with Gasteiger partial charge in [-0.1, -0.05) is 0 Å². The van der Waals surface area contributed by atoms with Crippen LogP contribution in [-0.4, -0.2) is 18.3 Å². The summed E-state index contributed by atoms with van der Waals surface area (Å²) >= 11 is 4.11. The Labute approximate surface area is 82.5 Å². The maximum atomic E-state index is 10.9. The number of carbonyl (C=O) groups is 1. The second kappa shape index (κ2) is 4.97. The highest BCUT2D eigenvalue weighted by Crippen LogP contribution is 2.10. The summed E-state index contributed by atoms with van der Waals surface area (Å²) in [7, 11) is 1.36. The molecule has 0 bridgehead atoms. The average molecular weight is 200 g/mol. The van der Waals surface area contributed by atoms with E-state index < -0.39 is 0 Å². The Morgan fingerprint density at radius 1 is 1.77 bits per heavy atom. The molecule has 1 heterocycles. The van der Waals surface area contributed by atoms with Gasteiger partial charge in [-0.15, -0.1) is 0 Å². The summed E-state index contributed by atoms with van der Waals surface area (Å²) in [6.45, 7) is 0. The third-order valence-electron chi connectivity index (χ3n) is 1.76. The van der Waals surface area contributed by atoms with Crippen LogP contribution in [0.4, 0.5) is 0 Å². The number of carbonyl (C=O) groups excluding carboxylic acids is 1. The number of ether oxygens (including phenoxy) is 1. The lowest BCUT2D eigenvalue weighted by molar-refractivity contribution is -0.140. The van der Waals surface area contributed by atoms with Gasteiger partial charge in [-0.25, -0.2) is 0 Å². The van der Waals surface area contributed by atoms with Crippen LogP contribution in [0.5, 0.6) is 0 Å². The lowest BCUT2D eigenvalue weighted by Gasteiger charge is -2.06. The molecule has 0 fully saturated rings. The Bertz CT molecular complexity index is 256. The molecule has 0 aliphatic rings. The van der Waals surface area contributed by atoms with E-state index in [0.29, 0.717) is 6.42 Å². The van der Waals surface area contributed by atoms with Crippen LogP contribution >= 0.6 is 12.6 Å². The Hall–Kier alpha value is -0.900. The summed E-state index contributed by atoms with van der Waals surface area (Å²) in [5.41, 5.74) is 1.07. The van der Waals surface area contributed by atoms with Crippen LogP contribution in [0.3, 0.4) is 0 Å². The molecule has 13 heavy (non-hydrogen) atoms. The van der Waals surface area contributed by atoms with Crippen molar-refractivity contribution in [2.45, 2.75) is 18.1 Å². The number of aryl methyl sites for hydroxylation is 1. The first-order valence-electron chi connectivity index (χ1n) is 4.01. The molecule has 1 aromatic heterocycles. The molecule has 1 aromatic rings. The molecule has 0 spiro atoms. The fraction of sp³-hybridized carbons (Fsp3) is 0.444. The summed E-state index contributed by atoms with van der Waals surface area (Å²) < 4.78 is 9.44. The monoisotopic (exact) mass is 200 g/mol. The van der Waals surface area contributed by atoms with E-state index in [1.54, 1.807) is 12.5 Å². The number of methoxy groups -OCH3 is 1. The van der Waals surface area contributed by atoms with Crippen molar-refractivity contribution in [1.29, 1.82) is 0 Å². The van der Waals surface area contributed by atoms with Crippen LogP contribution in [0.15, 0.2) is 23.0 Å². The predicted molar refractivity (Wildman–Crippen MR) is 51.8 cm³/mol. The van der Waals surface area contributed by atoms with Gasteiger partial charge >= 0.3 is 5.97 Å². The molecule has 0 saturated heterocycles. The molecule has 0 aliphatic heterocycles. The van der Waals surface area contributed by atoms with Crippen molar-refractivity contribution >= 4 is 18.6 Å². The minimum Gasteiger partial charge on any atom is -0.472 e. The number of rotatable bonds is 4. The molecule has 1 rings (SSSR count). The van der Waals surface area contributed by atoms with E-state index in [0.717, 1.165) is 12.0 Å². The molecule has 4 heteroatoms. The van der Waals surface area contributed by atoms with Gasteiger partial charge in [0.05, 0.1) is 24.9 Å². The van der Waals surface area contributed by atoms with Gasteiger partial charge in [0.1, 0.15) is 0 Å². The molecule has 0 radical (unpaired) electrons. The average Bonchev–Trinajstić information content (AvgIpc) is 2.65. The second-order valence-corrected chi connectivity index (χ2v) is 3.33. The van der Waals surface area contributed by atoms with Crippen molar-refractivity contribution in [1.82, 2.24) is 0 Å². The molecular weight excluding hydrogens is 188 g/mol. The minimum absolute atomic E-state index is 0.285. The standard InChI is InChI=1S/C9H12O3S/c1-11-9(10)8(13)3-2-7-4-5-12-6-7/h4-6,8,13H,2-3H2,1H3. The van der Waals surface area contributed by atoms with Gasteiger partial charge in [0.2, 0.25) is 0 Å². The van der Waals surface area contributed by atoms with E-state index in [2.05, 4.69) is 17.4 Å². The number of hydrogen-bond acceptors (Lipinski definition) is 4. The molecule has 3 nitrogen and oxygen atoms in total. The highest BCUT2D eigenvalue weighted by atomic mass is 32.1. The Morgan fingerprint density at radius 3 is 3.08 bits per heavy atom. The molecule has 0 aromatic carbocycles. The van der Waals surface area contributed by atoms with E-state index in [4.69, 9.17) is 4.42 Å². The Kier molecular flexibility index (Phi) is 3.89. The van der Waals surface area contributed by atoms with Gasteiger partial charge < -0.3 is 9.15 Å². The number of esters is 1.